The molecule has 1 unspecified atom stereocenters. The van der Waals surface area contributed by atoms with Crippen LogP contribution in [0.25, 0.3) is 0 Å². The van der Waals surface area contributed by atoms with E-state index in [4.69, 9.17) is 4.74 Å². The van der Waals surface area contributed by atoms with Gasteiger partial charge in [-0.1, -0.05) is 0 Å². The SMILES string of the molecule is COCCN(c1cc(N2CCN(C)CC2)ccc1C(=O)O)C(O)C(F)(F)F. The number of alkyl halides is 3. The lowest BCUT2D eigenvalue weighted by atomic mass is 10.1. The van der Waals surface area contributed by atoms with Crippen LogP contribution in [0.3, 0.4) is 0 Å². The quantitative estimate of drug-likeness (QED) is 0.682. The number of aliphatic hydroxyl groups is 1. The number of carboxylic acids is 1. The highest BCUT2D eigenvalue weighted by atomic mass is 19.4. The maximum atomic E-state index is 13.1. The van der Waals surface area contributed by atoms with Gasteiger partial charge in [0, 0.05) is 45.5 Å². The second kappa shape index (κ2) is 8.77. The van der Waals surface area contributed by atoms with Gasteiger partial charge < -0.3 is 29.6 Å². The van der Waals surface area contributed by atoms with E-state index in [-0.39, 0.29) is 24.4 Å². The zero-order chi connectivity index (χ0) is 20.2. The summed E-state index contributed by atoms with van der Waals surface area (Å²) in [5.41, 5.74) is 0.105. The molecular formula is C17H24F3N3O4. The van der Waals surface area contributed by atoms with E-state index in [9.17, 15) is 28.2 Å². The van der Waals surface area contributed by atoms with E-state index >= 15 is 0 Å². The molecule has 0 radical (unpaired) electrons. The largest absolute Gasteiger partial charge is 0.478 e. The number of nitrogens with zero attached hydrogens (tertiary/aromatic N) is 3. The van der Waals surface area contributed by atoms with Crippen molar-refractivity contribution in [3.05, 3.63) is 23.8 Å². The lowest BCUT2D eigenvalue weighted by Crippen LogP contribution is -2.48. The number of likely N-dealkylation sites (N-methyl/N-ethyl adjacent to an activating group) is 1. The summed E-state index contributed by atoms with van der Waals surface area (Å²) < 4.78 is 44.3. The number of aromatic carboxylic acids is 1. The molecule has 7 nitrogen and oxygen atoms in total. The minimum absolute atomic E-state index is 0.106. The highest BCUT2D eigenvalue weighted by Gasteiger charge is 2.43. The number of halogens is 3. The van der Waals surface area contributed by atoms with Crippen LogP contribution in [0.15, 0.2) is 18.2 Å². The minimum Gasteiger partial charge on any atom is -0.478 e. The van der Waals surface area contributed by atoms with Gasteiger partial charge >= 0.3 is 12.1 Å². The lowest BCUT2D eigenvalue weighted by molar-refractivity contribution is -0.203. The van der Waals surface area contributed by atoms with Crippen molar-refractivity contribution in [1.29, 1.82) is 0 Å². The summed E-state index contributed by atoms with van der Waals surface area (Å²) in [5.74, 6) is -1.37. The predicted molar refractivity (Wildman–Crippen MR) is 94.4 cm³/mol. The fraction of sp³-hybridized carbons (Fsp3) is 0.588. The first-order valence-corrected chi connectivity index (χ1v) is 8.46. The highest BCUT2D eigenvalue weighted by Crippen LogP contribution is 2.33. The standard InChI is InChI=1S/C17H24F3N3O4/c1-21-5-7-22(8-6-21)12-3-4-13(15(24)25)14(11-12)23(9-10-27-2)16(26)17(18,19)20/h3-4,11,16,26H,5-10H2,1-2H3,(H,24,25). The molecule has 1 aliphatic rings. The number of hydrogen-bond acceptors (Lipinski definition) is 6. The smallest absolute Gasteiger partial charge is 0.433 e. The molecule has 0 spiro atoms. The topological polar surface area (TPSA) is 76.5 Å². The summed E-state index contributed by atoms with van der Waals surface area (Å²) in [4.78, 5) is 16.3. The Labute approximate surface area is 155 Å². The lowest BCUT2D eigenvalue weighted by Gasteiger charge is -2.36. The first-order chi connectivity index (χ1) is 12.6. The van der Waals surface area contributed by atoms with Crippen molar-refractivity contribution >= 4 is 17.3 Å². The van der Waals surface area contributed by atoms with Crippen LogP contribution in [0.5, 0.6) is 0 Å². The molecule has 27 heavy (non-hydrogen) atoms. The van der Waals surface area contributed by atoms with Crippen LogP contribution in [-0.4, -0.2) is 87.0 Å². The van der Waals surface area contributed by atoms with Crippen LogP contribution < -0.4 is 9.80 Å². The zero-order valence-electron chi connectivity index (χ0n) is 15.2. The summed E-state index contributed by atoms with van der Waals surface area (Å²) in [6.07, 6.45) is -7.78. The molecule has 152 valence electrons. The first-order valence-electron chi connectivity index (χ1n) is 8.46. The Bertz CT molecular complexity index is 649. The molecule has 1 fully saturated rings. The fourth-order valence-corrected chi connectivity index (χ4v) is 2.94. The molecule has 1 atom stereocenters. The Morgan fingerprint density at radius 2 is 1.93 bits per heavy atom. The van der Waals surface area contributed by atoms with Gasteiger partial charge in [-0.05, 0) is 25.2 Å². The molecule has 0 saturated carbocycles. The molecule has 1 heterocycles. The Balaban J connectivity index is 2.44. The number of anilines is 2. The maximum Gasteiger partial charge on any atom is 0.433 e. The molecule has 0 amide bonds. The molecule has 1 saturated heterocycles. The van der Waals surface area contributed by atoms with Gasteiger partial charge in [-0.2, -0.15) is 13.2 Å². The summed E-state index contributed by atoms with van der Waals surface area (Å²) >= 11 is 0. The normalized spacial score (nSPS) is 17.0. The number of rotatable bonds is 7. The third kappa shape index (κ3) is 5.24. The van der Waals surface area contributed by atoms with Crippen LogP contribution in [0.2, 0.25) is 0 Å². The van der Waals surface area contributed by atoms with Crippen molar-refractivity contribution in [3.63, 3.8) is 0 Å². The number of methoxy groups -OCH3 is 1. The first kappa shape index (κ1) is 21.3. The van der Waals surface area contributed by atoms with E-state index in [1.807, 2.05) is 11.9 Å². The molecule has 0 bridgehead atoms. The Morgan fingerprint density at radius 3 is 2.44 bits per heavy atom. The third-order valence-electron chi connectivity index (χ3n) is 4.51. The average molecular weight is 391 g/mol. The highest BCUT2D eigenvalue weighted by molar-refractivity contribution is 5.95. The van der Waals surface area contributed by atoms with E-state index in [0.29, 0.717) is 23.7 Å². The molecule has 1 aromatic carbocycles. The fourth-order valence-electron chi connectivity index (χ4n) is 2.94. The number of carboxylic acid groups (broad SMARTS) is 1. The van der Waals surface area contributed by atoms with Crippen molar-refractivity contribution in [1.82, 2.24) is 4.90 Å². The van der Waals surface area contributed by atoms with E-state index in [1.165, 1.54) is 19.2 Å². The van der Waals surface area contributed by atoms with E-state index in [1.54, 1.807) is 6.07 Å². The second-order valence-electron chi connectivity index (χ2n) is 6.40. The number of carbonyl (C=O) groups is 1. The minimum atomic E-state index is -4.94. The van der Waals surface area contributed by atoms with Crippen molar-refractivity contribution < 1.29 is 32.9 Å². The molecule has 1 aromatic rings. The molecule has 2 rings (SSSR count). The average Bonchev–Trinajstić information content (AvgIpc) is 2.61. The molecule has 2 N–H and O–H groups in total. The van der Waals surface area contributed by atoms with Crippen LogP contribution >= 0.6 is 0 Å². The van der Waals surface area contributed by atoms with Gasteiger partial charge in [0.05, 0.1) is 17.9 Å². The van der Waals surface area contributed by atoms with Gasteiger partial charge in [0.1, 0.15) is 0 Å². The number of ether oxygens (including phenoxy) is 1. The molecule has 0 aromatic heterocycles. The van der Waals surface area contributed by atoms with Crippen LogP contribution in [0, 0.1) is 0 Å². The molecule has 0 aliphatic carbocycles. The van der Waals surface area contributed by atoms with Gasteiger partial charge in [-0.25, -0.2) is 4.79 Å². The number of hydrogen-bond donors (Lipinski definition) is 2. The maximum absolute atomic E-state index is 13.1. The second-order valence-corrected chi connectivity index (χ2v) is 6.40. The van der Waals surface area contributed by atoms with Gasteiger partial charge in [0.15, 0.2) is 0 Å². The summed E-state index contributed by atoms with van der Waals surface area (Å²) in [6.45, 7) is 2.49. The number of piperazine rings is 1. The Morgan fingerprint density at radius 1 is 1.30 bits per heavy atom. The summed E-state index contributed by atoms with van der Waals surface area (Å²) in [7, 11) is 3.29. The van der Waals surface area contributed by atoms with Gasteiger partial charge in [0.2, 0.25) is 6.23 Å². The van der Waals surface area contributed by atoms with Gasteiger partial charge in [-0.15, -0.1) is 0 Å². The predicted octanol–water partition coefficient (Wildman–Crippen LogP) is 1.47. The molecular weight excluding hydrogens is 367 g/mol. The van der Waals surface area contributed by atoms with Crippen molar-refractivity contribution in [2.75, 3.05) is 63.3 Å². The van der Waals surface area contributed by atoms with E-state index in [2.05, 4.69) is 4.90 Å². The van der Waals surface area contributed by atoms with E-state index < -0.39 is 18.4 Å². The van der Waals surface area contributed by atoms with Crippen LogP contribution in [0.1, 0.15) is 10.4 Å². The third-order valence-corrected chi connectivity index (χ3v) is 4.51. The van der Waals surface area contributed by atoms with Crippen molar-refractivity contribution in [3.8, 4) is 0 Å². The monoisotopic (exact) mass is 391 g/mol. The Kier molecular flexibility index (Phi) is 6.90. The van der Waals surface area contributed by atoms with Crippen molar-refractivity contribution in [2.45, 2.75) is 12.4 Å². The van der Waals surface area contributed by atoms with Gasteiger partial charge in [-0.3, -0.25) is 0 Å². The molecule has 10 heteroatoms. The zero-order valence-corrected chi connectivity index (χ0v) is 15.2. The molecule has 1 aliphatic heterocycles. The van der Waals surface area contributed by atoms with Crippen LogP contribution in [0.4, 0.5) is 24.5 Å². The van der Waals surface area contributed by atoms with Crippen molar-refractivity contribution in [2.24, 2.45) is 0 Å². The summed E-state index contributed by atoms with van der Waals surface area (Å²) in [5, 5.41) is 19.2. The van der Waals surface area contributed by atoms with Crippen LogP contribution in [-0.2, 0) is 4.74 Å². The Hall–Kier alpha value is -2.04. The number of benzene rings is 1. The van der Waals surface area contributed by atoms with E-state index in [0.717, 1.165) is 13.1 Å². The summed E-state index contributed by atoms with van der Waals surface area (Å²) in [6, 6.07) is 4.24. The number of aliphatic hydroxyl groups excluding tert-OH is 1. The van der Waals surface area contributed by atoms with Gasteiger partial charge in [0.25, 0.3) is 0 Å².